The minimum absolute atomic E-state index is 0.331. The number of nitrogens with two attached hydrogens (primary N) is 1. The van der Waals surface area contributed by atoms with Crippen LogP contribution in [-0.4, -0.2) is 16.3 Å². The summed E-state index contributed by atoms with van der Waals surface area (Å²) in [6.07, 6.45) is 1.47. The number of carboxylic acids is 1. The molecule has 0 aliphatic heterocycles. The van der Waals surface area contributed by atoms with Gasteiger partial charge in [-0.1, -0.05) is 18.2 Å². The molecule has 18 heavy (non-hydrogen) atoms. The average molecular weight is 248 g/mol. The lowest BCUT2D eigenvalue weighted by Gasteiger charge is -1.88. The molecule has 6 nitrogen and oxygen atoms in total. The van der Waals surface area contributed by atoms with Crippen LogP contribution in [0.1, 0.15) is 16.1 Å². The third-order valence-electron chi connectivity index (χ3n) is 1.65. The van der Waals surface area contributed by atoms with Crippen molar-refractivity contribution in [3.05, 3.63) is 60.1 Å². The lowest BCUT2D eigenvalue weighted by molar-refractivity contribution is 0.0697. The normalized spacial score (nSPS) is 7.83. The first kappa shape index (κ1) is 15.4. The number of benzene rings is 1. The second-order valence-electron chi connectivity index (χ2n) is 2.76. The Bertz CT molecular complexity index is 475. The van der Waals surface area contributed by atoms with Gasteiger partial charge in [0.05, 0.1) is 11.8 Å². The van der Waals surface area contributed by atoms with Gasteiger partial charge in [-0.2, -0.15) is 5.26 Å². The molecule has 0 spiro atoms. The molecule has 6 heteroatoms. The predicted molar refractivity (Wildman–Crippen MR) is 62.8 cm³/mol. The quantitative estimate of drug-likeness (QED) is 0.662. The fourth-order valence-electron chi connectivity index (χ4n) is 0.923. The molecule has 0 saturated heterocycles. The van der Waals surface area contributed by atoms with Crippen LogP contribution in [0.5, 0.6) is 0 Å². The van der Waals surface area contributed by atoms with E-state index in [4.69, 9.17) is 15.6 Å². The summed E-state index contributed by atoms with van der Waals surface area (Å²) in [5.74, 6) is 2.98. The number of nitrogens with zero attached hydrogens (tertiary/aromatic N) is 1. The van der Waals surface area contributed by atoms with Crippen molar-refractivity contribution in [3.63, 3.8) is 0 Å². The second-order valence-corrected chi connectivity index (χ2v) is 2.76. The number of hydrogen-bond acceptors (Lipinski definition) is 5. The van der Waals surface area contributed by atoms with Crippen molar-refractivity contribution < 1.29 is 19.5 Å². The monoisotopic (exact) mass is 248 g/mol. The SMILES string of the molecule is N#Cc1ccco1.NO.O=C(O)c1ccccc1. The first-order valence-electron chi connectivity index (χ1n) is 4.72. The summed E-state index contributed by atoms with van der Waals surface area (Å²) in [4.78, 5) is 10.2. The van der Waals surface area contributed by atoms with Crippen LogP contribution in [-0.2, 0) is 0 Å². The summed E-state index contributed by atoms with van der Waals surface area (Å²) >= 11 is 0. The van der Waals surface area contributed by atoms with Crippen molar-refractivity contribution in [3.8, 4) is 6.07 Å². The second kappa shape index (κ2) is 9.59. The molecule has 1 aromatic carbocycles. The Morgan fingerprint density at radius 3 is 2.06 bits per heavy atom. The van der Waals surface area contributed by atoms with E-state index >= 15 is 0 Å². The standard InChI is InChI=1S/C7H6O2.C5H3NO.H3NO/c8-7(9)6-4-2-1-3-5-6;6-4-5-2-1-3-7-5;1-2/h1-5H,(H,8,9);1-3H;2H,1H2. The van der Waals surface area contributed by atoms with Crippen molar-refractivity contribution in [1.29, 1.82) is 5.26 Å². The maximum absolute atomic E-state index is 10.2. The third-order valence-corrected chi connectivity index (χ3v) is 1.65. The molecule has 2 aromatic rings. The Labute approximate surface area is 103 Å². The average Bonchev–Trinajstić information content (AvgIpc) is 2.96. The first-order valence-corrected chi connectivity index (χ1v) is 4.72. The van der Waals surface area contributed by atoms with E-state index in [-0.39, 0.29) is 0 Å². The van der Waals surface area contributed by atoms with Crippen LogP contribution in [0.25, 0.3) is 0 Å². The van der Waals surface area contributed by atoms with Crippen LogP contribution < -0.4 is 5.90 Å². The smallest absolute Gasteiger partial charge is 0.335 e. The minimum atomic E-state index is -0.879. The fraction of sp³-hybridized carbons (Fsp3) is 0. The number of carboxylic acid groups (broad SMARTS) is 1. The van der Waals surface area contributed by atoms with E-state index in [0.29, 0.717) is 11.3 Å². The van der Waals surface area contributed by atoms with Gasteiger partial charge in [0.15, 0.2) is 0 Å². The lowest BCUT2D eigenvalue weighted by atomic mass is 10.2. The molecule has 94 valence electrons. The highest BCUT2D eigenvalue weighted by Crippen LogP contribution is 1.96. The van der Waals surface area contributed by atoms with Gasteiger partial charge in [0.2, 0.25) is 5.76 Å². The zero-order valence-corrected chi connectivity index (χ0v) is 9.35. The molecule has 0 radical (unpaired) electrons. The Kier molecular flexibility index (Phi) is 8.20. The molecule has 0 aliphatic rings. The molecule has 0 fully saturated rings. The Morgan fingerprint density at radius 2 is 1.78 bits per heavy atom. The van der Waals surface area contributed by atoms with Gasteiger partial charge in [0.1, 0.15) is 6.07 Å². The molecule has 4 N–H and O–H groups in total. The highest BCUT2D eigenvalue weighted by atomic mass is 16.4. The molecule has 1 aromatic heterocycles. The number of nitriles is 1. The van der Waals surface area contributed by atoms with Gasteiger partial charge in [0.25, 0.3) is 0 Å². The molecule has 0 atom stereocenters. The van der Waals surface area contributed by atoms with E-state index in [0.717, 1.165) is 0 Å². The van der Waals surface area contributed by atoms with E-state index in [1.165, 1.54) is 6.26 Å². The van der Waals surface area contributed by atoms with Gasteiger partial charge in [-0.25, -0.2) is 10.7 Å². The number of carbonyl (C=O) groups is 1. The highest BCUT2D eigenvalue weighted by molar-refractivity contribution is 5.87. The molecule has 1 heterocycles. The number of rotatable bonds is 1. The van der Waals surface area contributed by atoms with Gasteiger partial charge in [-0.15, -0.1) is 0 Å². The summed E-state index contributed by atoms with van der Waals surface area (Å²) in [6, 6.07) is 13.4. The maximum atomic E-state index is 10.2. The Morgan fingerprint density at radius 1 is 1.17 bits per heavy atom. The number of hydrogen-bond donors (Lipinski definition) is 3. The number of furan rings is 1. The maximum Gasteiger partial charge on any atom is 0.335 e. The van der Waals surface area contributed by atoms with Crippen LogP contribution in [0.3, 0.4) is 0 Å². The zero-order valence-electron chi connectivity index (χ0n) is 9.35. The molecule has 0 amide bonds. The lowest BCUT2D eigenvalue weighted by Crippen LogP contribution is -1.93. The third kappa shape index (κ3) is 6.07. The van der Waals surface area contributed by atoms with Gasteiger partial charge < -0.3 is 14.7 Å². The summed E-state index contributed by atoms with van der Waals surface area (Å²) in [6.45, 7) is 0. The van der Waals surface area contributed by atoms with Crippen molar-refractivity contribution in [2.75, 3.05) is 0 Å². The van der Waals surface area contributed by atoms with Crippen molar-refractivity contribution in [2.24, 2.45) is 5.90 Å². The molecule has 0 unspecified atom stereocenters. The summed E-state index contributed by atoms with van der Waals surface area (Å²) in [7, 11) is 0. The fourth-order valence-corrected chi connectivity index (χ4v) is 0.923. The van der Waals surface area contributed by atoms with Crippen LogP contribution in [0.2, 0.25) is 0 Å². The predicted octanol–water partition coefficient (Wildman–Crippen LogP) is 1.87. The topological polar surface area (TPSA) is 120 Å². The van der Waals surface area contributed by atoms with Crippen LogP contribution in [0.15, 0.2) is 53.1 Å². The molecular weight excluding hydrogens is 236 g/mol. The van der Waals surface area contributed by atoms with E-state index in [9.17, 15) is 4.79 Å². The summed E-state index contributed by atoms with van der Waals surface area (Å²) in [5, 5.41) is 23.0. The van der Waals surface area contributed by atoms with Crippen LogP contribution in [0.4, 0.5) is 0 Å². The molecule has 0 aliphatic carbocycles. The van der Waals surface area contributed by atoms with Crippen molar-refractivity contribution >= 4 is 5.97 Å². The Balaban J connectivity index is 0.000000289. The van der Waals surface area contributed by atoms with Crippen LogP contribution >= 0.6 is 0 Å². The first-order chi connectivity index (χ1) is 8.74. The summed E-state index contributed by atoms with van der Waals surface area (Å²) < 4.78 is 4.62. The Hall–Kier alpha value is -2.62. The van der Waals surface area contributed by atoms with E-state index in [1.807, 2.05) is 6.07 Å². The van der Waals surface area contributed by atoms with E-state index < -0.39 is 5.97 Å². The summed E-state index contributed by atoms with van der Waals surface area (Å²) in [5.41, 5.74) is 0.331. The van der Waals surface area contributed by atoms with Crippen LogP contribution in [0, 0.1) is 11.3 Å². The molecule has 0 bridgehead atoms. The van der Waals surface area contributed by atoms with Gasteiger partial charge >= 0.3 is 5.97 Å². The van der Waals surface area contributed by atoms with Gasteiger partial charge in [-0.05, 0) is 24.3 Å². The molecule has 2 rings (SSSR count). The minimum Gasteiger partial charge on any atom is -0.478 e. The van der Waals surface area contributed by atoms with Crippen molar-refractivity contribution in [2.45, 2.75) is 0 Å². The van der Waals surface area contributed by atoms with Crippen molar-refractivity contribution in [1.82, 2.24) is 0 Å². The van der Waals surface area contributed by atoms with Gasteiger partial charge in [0, 0.05) is 0 Å². The highest BCUT2D eigenvalue weighted by Gasteiger charge is 1.96. The largest absolute Gasteiger partial charge is 0.478 e. The molecular formula is C12H12N2O4. The molecule has 0 saturated carbocycles. The number of aromatic carboxylic acids is 1. The van der Waals surface area contributed by atoms with E-state index in [2.05, 4.69) is 10.3 Å². The van der Waals surface area contributed by atoms with Gasteiger partial charge in [-0.3, -0.25) is 0 Å². The van der Waals surface area contributed by atoms with E-state index in [1.54, 1.807) is 42.5 Å². The zero-order chi connectivity index (χ0) is 13.8.